The summed E-state index contributed by atoms with van der Waals surface area (Å²) in [7, 11) is 0.919. The van der Waals surface area contributed by atoms with Crippen molar-refractivity contribution in [3.8, 4) is 11.5 Å². The molecule has 6 nitrogen and oxygen atoms in total. The van der Waals surface area contributed by atoms with Gasteiger partial charge < -0.3 is 23.9 Å². The van der Waals surface area contributed by atoms with Crippen molar-refractivity contribution in [3.05, 3.63) is 35.9 Å². The van der Waals surface area contributed by atoms with Gasteiger partial charge in [-0.25, -0.2) is 0 Å². The first kappa shape index (κ1) is 22.8. The number of hydrogen-bond acceptors (Lipinski definition) is 5. The van der Waals surface area contributed by atoms with Crippen LogP contribution in [0.25, 0.3) is 0 Å². The summed E-state index contributed by atoms with van der Waals surface area (Å²) in [5, 5.41) is 11.5. The van der Waals surface area contributed by atoms with Crippen LogP contribution >= 0.6 is 0 Å². The minimum Gasteiger partial charge on any atom is -0.493 e. The van der Waals surface area contributed by atoms with E-state index in [1.807, 2.05) is 12.1 Å². The van der Waals surface area contributed by atoms with E-state index in [4.69, 9.17) is 13.9 Å². The topological polar surface area (TPSA) is 68.2 Å². The lowest BCUT2D eigenvalue weighted by molar-refractivity contribution is -0.137. The van der Waals surface area contributed by atoms with Gasteiger partial charge in [-0.05, 0) is 54.2 Å². The van der Waals surface area contributed by atoms with Crippen molar-refractivity contribution in [1.29, 1.82) is 0 Å². The number of methoxy groups -OCH3 is 2. The molecule has 1 N–H and O–H groups in total. The zero-order valence-corrected chi connectivity index (χ0v) is 20.2. The van der Waals surface area contributed by atoms with Crippen molar-refractivity contribution in [2.24, 2.45) is 0 Å². The van der Waals surface area contributed by atoms with Gasteiger partial charge >= 0.3 is 0 Å². The molecule has 7 heteroatoms. The minimum absolute atomic E-state index is 0.0732. The summed E-state index contributed by atoms with van der Waals surface area (Å²) in [6, 6.07) is 3.85. The summed E-state index contributed by atoms with van der Waals surface area (Å²) in [5.74, 6) is 1.08. The van der Waals surface area contributed by atoms with Gasteiger partial charge in [0.2, 0.25) is 0 Å². The second kappa shape index (κ2) is 7.69. The first-order chi connectivity index (χ1) is 13.9. The van der Waals surface area contributed by atoms with Crippen molar-refractivity contribution >= 4 is 14.2 Å². The molecule has 0 aliphatic carbocycles. The highest BCUT2D eigenvalue weighted by Crippen LogP contribution is 2.51. The summed E-state index contributed by atoms with van der Waals surface area (Å²) in [4.78, 5) is 15.3. The Morgan fingerprint density at radius 3 is 2.40 bits per heavy atom. The predicted molar refractivity (Wildman–Crippen MR) is 120 cm³/mol. The monoisotopic (exact) mass is 433 g/mol. The maximum Gasteiger partial charge on any atom is 0.254 e. The molecule has 2 heterocycles. The third kappa shape index (κ3) is 3.27. The standard InChI is InChI=1S/C23H35NO5Si/c1-9-11-23-16-14-18(28-6)17(27-5)13-15(16)10-12-24(23)21(26)19(20(23)25)29-30(7,8)22(2,3)4/h9,13-14,19-20,25H,1,10-12H2,2-8H3/t19-,20-,23-/m1/s1. The number of aliphatic hydroxyl groups excluding tert-OH is 1. The lowest BCUT2D eigenvalue weighted by atomic mass is 9.76. The van der Waals surface area contributed by atoms with Gasteiger partial charge in [-0.2, -0.15) is 0 Å². The Morgan fingerprint density at radius 2 is 1.87 bits per heavy atom. The van der Waals surface area contributed by atoms with Crippen LogP contribution < -0.4 is 9.47 Å². The zero-order valence-electron chi connectivity index (χ0n) is 19.2. The number of rotatable bonds is 6. The van der Waals surface area contributed by atoms with Gasteiger partial charge in [-0.1, -0.05) is 26.8 Å². The normalized spacial score (nSPS) is 26.3. The molecule has 1 fully saturated rings. The minimum atomic E-state index is -2.28. The first-order valence-corrected chi connectivity index (χ1v) is 13.4. The fourth-order valence-electron chi connectivity index (χ4n) is 4.44. The Hall–Kier alpha value is -1.83. The number of ether oxygens (including phenoxy) is 2. The molecule has 0 unspecified atom stereocenters. The van der Waals surface area contributed by atoms with Crippen LogP contribution in [0.3, 0.4) is 0 Å². The molecular weight excluding hydrogens is 398 g/mol. The fraction of sp³-hybridized carbons (Fsp3) is 0.609. The average molecular weight is 434 g/mol. The van der Waals surface area contributed by atoms with Crippen molar-refractivity contribution in [3.63, 3.8) is 0 Å². The van der Waals surface area contributed by atoms with Gasteiger partial charge in [0.15, 0.2) is 25.9 Å². The van der Waals surface area contributed by atoms with Crippen molar-refractivity contribution in [2.75, 3.05) is 20.8 Å². The first-order valence-electron chi connectivity index (χ1n) is 10.5. The number of carbonyl (C=O) groups excluding carboxylic acids is 1. The number of aliphatic hydroxyl groups is 1. The Balaban J connectivity index is 2.14. The van der Waals surface area contributed by atoms with Crippen molar-refractivity contribution in [1.82, 2.24) is 4.90 Å². The van der Waals surface area contributed by atoms with E-state index < -0.39 is 26.1 Å². The molecule has 0 saturated carbocycles. The highest BCUT2D eigenvalue weighted by atomic mass is 28.4. The molecule has 3 atom stereocenters. The van der Waals surface area contributed by atoms with Crippen LogP contribution in [0.4, 0.5) is 0 Å². The maximum atomic E-state index is 13.5. The van der Waals surface area contributed by atoms with E-state index in [1.165, 1.54) is 0 Å². The smallest absolute Gasteiger partial charge is 0.254 e. The van der Waals surface area contributed by atoms with Crippen molar-refractivity contribution < 1.29 is 23.8 Å². The van der Waals surface area contributed by atoms with Gasteiger partial charge in [-0.15, -0.1) is 6.58 Å². The van der Waals surface area contributed by atoms with Crippen LogP contribution in [-0.4, -0.2) is 57.2 Å². The molecule has 2 aliphatic rings. The number of carbonyl (C=O) groups is 1. The summed E-state index contributed by atoms with van der Waals surface area (Å²) < 4.78 is 17.5. The van der Waals surface area contributed by atoms with Crippen LogP contribution in [0.15, 0.2) is 24.8 Å². The Bertz CT molecular complexity index is 847. The SMILES string of the molecule is C=CC[C@]12c3cc(OC)c(OC)cc3CCN1C(=O)[C@H](O[Si](C)(C)C(C)(C)C)[C@H]2O. The predicted octanol–water partition coefficient (Wildman–Crippen LogP) is 3.62. The van der Waals surface area contributed by atoms with Gasteiger partial charge in [0.1, 0.15) is 11.6 Å². The van der Waals surface area contributed by atoms with E-state index >= 15 is 0 Å². The van der Waals surface area contributed by atoms with E-state index in [0.29, 0.717) is 30.9 Å². The fourth-order valence-corrected chi connectivity index (χ4v) is 5.66. The summed E-state index contributed by atoms with van der Waals surface area (Å²) in [6.07, 6.45) is 0.989. The molecule has 30 heavy (non-hydrogen) atoms. The largest absolute Gasteiger partial charge is 0.493 e. The number of benzene rings is 1. The average Bonchev–Trinajstić information content (AvgIpc) is 2.88. The third-order valence-corrected chi connectivity index (χ3v) is 11.6. The number of fused-ring (bicyclic) bond motifs is 3. The summed E-state index contributed by atoms with van der Waals surface area (Å²) in [5.41, 5.74) is 1.01. The van der Waals surface area contributed by atoms with E-state index in [2.05, 4.69) is 40.4 Å². The van der Waals surface area contributed by atoms with Crippen LogP contribution in [0.5, 0.6) is 11.5 Å². The lowest BCUT2D eigenvalue weighted by Crippen LogP contribution is -2.53. The Labute approximate surface area is 180 Å². The molecule has 1 aromatic rings. The maximum absolute atomic E-state index is 13.5. The molecule has 1 amide bonds. The van der Waals surface area contributed by atoms with Crippen molar-refractivity contribution in [2.45, 2.75) is 69.5 Å². The quantitative estimate of drug-likeness (QED) is 0.548. The third-order valence-electron chi connectivity index (χ3n) is 7.13. The Morgan fingerprint density at radius 1 is 1.27 bits per heavy atom. The lowest BCUT2D eigenvalue weighted by Gasteiger charge is -2.45. The molecular formula is C23H35NO5Si. The molecule has 0 aromatic heterocycles. The summed E-state index contributed by atoms with van der Waals surface area (Å²) >= 11 is 0. The highest BCUT2D eigenvalue weighted by Gasteiger charge is 2.62. The molecule has 2 aliphatic heterocycles. The molecule has 1 saturated heterocycles. The molecule has 0 bridgehead atoms. The molecule has 0 spiro atoms. The van der Waals surface area contributed by atoms with E-state index in [0.717, 1.165) is 11.1 Å². The van der Waals surface area contributed by atoms with E-state index in [-0.39, 0.29) is 10.9 Å². The van der Waals surface area contributed by atoms with Crippen LogP contribution in [0, 0.1) is 0 Å². The molecule has 3 rings (SSSR count). The van der Waals surface area contributed by atoms with Crippen LogP contribution in [0.2, 0.25) is 18.1 Å². The number of amides is 1. The second-order valence-corrected chi connectivity index (χ2v) is 14.5. The van der Waals surface area contributed by atoms with Crippen LogP contribution in [-0.2, 0) is 21.2 Å². The number of hydrogen-bond donors (Lipinski definition) is 1. The van der Waals surface area contributed by atoms with Gasteiger partial charge in [-0.3, -0.25) is 4.79 Å². The van der Waals surface area contributed by atoms with Crippen LogP contribution in [0.1, 0.15) is 38.3 Å². The summed E-state index contributed by atoms with van der Waals surface area (Å²) in [6.45, 7) is 15.0. The van der Waals surface area contributed by atoms with E-state index in [1.54, 1.807) is 25.2 Å². The second-order valence-electron chi connectivity index (χ2n) is 9.76. The molecule has 0 radical (unpaired) electrons. The number of nitrogens with zero attached hydrogens (tertiary/aromatic N) is 1. The van der Waals surface area contributed by atoms with Gasteiger partial charge in [0, 0.05) is 6.54 Å². The molecule has 1 aromatic carbocycles. The molecule has 166 valence electrons. The highest BCUT2D eigenvalue weighted by molar-refractivity contribution is 6.74. The zero-order chi connectivity index (χ0) is 22.5. The van der Waals surface area contributed by atoms with E-state index in [9.17, 15) is 9.90 Å². The Kier molecular flexibility index (Phi) is 5.86. The van der Waals surface area contributed by atoms with Gasteiger partial charge in [0.25, 0.3) is 5.91 Å². The van der Waals surface area contributed by atoms with Gasteiger partial charge in [0.05, 0.1) is 14.2 Å².